The molecule has 0 saturated heterocycles. The van der Waals surface area contributed by atoms with Crippen LogP contribution in [0.3, 0.4) is 0 Å². The molecule has 4 N–H and O–H groups in total. The smallest absolute Gasteiger partial charge is 0.191 e. The normalized spacial score (nSPS) is 11.0. The lowest BCUT2D eigenvalue weighted by atomic mass is 10.1. The number of aromatic nitrogens is 2. The fourth-order valence-corrected chi connectivity index (χ4v) is 2.62. The number of benzene rings is 1. The van der Waals surface area contributed by atoms with E-state index in [0.717, 1.165) is 43.4 Å². The summed E-state index contributed by atoms with van der Waals surface area (Å²) >= 11 is 0. The van der Waals surface area contributed by atoms with Gasteiger partial charge in [-0.3, -0.25) is 4.99 Å². The van der Waals surface area contributed by atoms with E-state index in [1.807, 2.05) is 37.3 Å². The van der Waals surface area contributed by atoms with Crippen LogP contribution in [-0.4, -0.2) is 35.4 Å². The minimum Gasteiger partial charge on any atom is -0.382 e. The summed E-state index contributed by atoms with van der Waals surface area (Å²) < 4.78 is 1.63. The van der Waals surface area contributed by atoms with Crippen molar-refractivity contribution in [1.82, 2.24) is 20.4 Å². The van der Waals surface area contributed by atoms with Crippen LogP contribution in [0, 0.1) is 17.2 Å². The van der Waals surface area contributed by atoms with Crippen molar-refractivity contribution in [3.05, 3.63) is 41.6 Å². The van der Waals surface area contributed by atoms with Crippen LogP contribution in [0.5, 0.6) is 0 Å². The number of para-hydroxylation sites is 1. The van der Waals surface area contributed by atoms with Crippen LogP contribution in [-0.2, 0) is 6.42 Å². The molecule has 2 rings (SSSR count). The number of aliphatic imine (C=N–C) groups is 1. The van der Waals surface area contributed by atoms with Crippen molar-refractivity contribution in [3.63, 3.8) is 0 Å². The number of nitriles is 1. The molecule has 152 valence electrons. The molecule has 2 aromatic rings. The molecule has 1 aromatic carbocycles. The second kappa shape index (κ2) is 12.2. The monoisotopic (exact) mass is 495 g/mol. The minimum absolute atomic E-state index is 0. The third kappa shape index (κ3) is 6.71. The molecule has 0 radical (unpaired) electrons. The van der Waals surface area contributed by atoms with Gasteiger partial charge in [0.2, 0.25) is 0 Å². The Labute approximate surface area is 184 Å². The van der Waals surface area contributed by atoms with Crippen LogP contribution in [0.25, 0.3) is 5.69 Å². The molecule has 28 heavy (non-hydrogen) atoms. The van der Waals surface area contributed by atoms with E-state index in [9.17, 15) is 5.26 Å². The molecular weight excluding hydrogens is 465 g/mol. The molecule has 8 heteroatoms. The van der Waals surface area contributed by atoms with Crippen LogP contribution in [0.1, 0.15) is 38.4 Å². The van der Waals surface area contributed by atoms with Gasteiger partial charge in [0.25, 0.3) is 0 Å². The summed E-state index contributed by atoms with van der Waals surface area (Å²) in [6.07, 6.45) is 1.50. The zero-order chi connectivity index (χ0) is 19.6. The predicted molar refractivity (Wildman–Crippen MR) is 125 cm³/mol. The summed E-state index contributed by atoms with van der Waals surface area (Å²) in [5.41, 5.74) is 8.18. The SMILES string of the molecule is CCNC(=NCC(C)C)NCCCc1nn(-c2ccccc2)c(N)c1C#N.I. The van der Waals surface area contributed by atoms with Crippen molar-refractivity contribution < 1.29 is 0 Å². The predicted octanol–water partition coefficient (Wildman–Crippen LogP) is 3.09. The highest BCUT2D eigenvalue weighted by molar-refractivity contribution is 14.0. The first kappa shape index (κ1) is 23.8. The Morgan fingerprint density at radius 2 is 2.00 bits per heavy atom. The van der Waals surface area contributed by atoms with E-state index < -0.39 is 0 Å². The van der Waals surface area contributed by atoms with Crippen molar-refractivity contribution in [3.8, 4) is 11.8 Å². The fraction of sp³-hybridized carbons (Fsp3) is 0.450. The summed E-state index contributed by atoms with van der Waals surface area (Å²) in [7, 11) is 0. The van der Waals surface area contributed by atoms with Crippen molar-refractivity contribution in [2.75, 3.05) is 25.4 Å². The van der Waals surface area contributed by atoms with Gasteiger partial charge < -0.3 is 16.4 Å². The molecule has 1 aromatic heterocycles. The molecule has 7 nitrogen and oxygen atoms in total. The van der Waals surface area contributed by atoms with E-state index >= 15 is 0 Å². The first-order chi connectivity index (χ1) is 13.1. The number of hydrogen-bond acceptors (Lipinski definition) is 4. The average Bonchev–Trinajstić information content (AvgIpc) is 2.99. The summed E-state index contributed by atoms with van der Waals surface area (Å²) in [4.78, 5) is 4.55. The summed E-state index contributed by atoms with van der Waals surface area (Å²) in [6.45, 7) is 8.68. The number of guanidine groups is 1. The summed E-state index contributed by atoms with van der Waals surface area (Å²) in [6, 6.07) is 11.8. The second-order valence-corrected chi connectivity index (χ2v) is 6.71. The molecule has 0 aliphatic rings. The Hall–Kier alpha value is -2.28. The van der Waals surface area contributed by atoms with Gasteiger partial charge in [0.15, 0.2) is 5.96 Å². The topological polar surface area (TPSA) is 104 Å². The number of rotatable bonds is 8. The standard InChI is InChI=1S/C20H29N7.HI/c1-4-23-20(25-14-15(2)3)24-12-8-11-18-17(13-21)19(22)27(26-18)16-9-6-5-7-10-16;/h5-7,9-10,15H,4,8,11-12,14,22H2,1-3H3,(H2,23,24,25);1H. The van der Waals surface area contributed by atoms with Gasteiger partial charge in [-0.05, 0) is 37.8 Å². The summed E-state index contributed by atoms with van der Waals surface area (Å²) in [5, 5.41) is 20.6. The lowest BCUT2D eigenvalue weighted by molar-refractivity contribution is 0.653. The van der Waals surface area contributed by atoms with Gasteiger partial charge in [0.05, 0.1) is 11.4 Å². The number of nitrogen functional groups attached to an aromatic ring is 1. The van der Waals surface area contributed by atoms with E-state index in [1.54, 1.807) is 4.68 Å². The third-order valence-electron chi connectivity index (χ3n) is 3.95. The molecule has 0 bridgehead atoms. The molecule has 0 unspecified atom stereocenters. The maximum Gasteiger partial charge on any atom is 0.191 e. The first-order valence-electron chi connectivity index (χ1n) is 9.41. The van der Waals surface area contributed by atoms with E-state index in [1.165, 1.54) is 0 Å². The van der Waals surface area contributed by atoms with Gasteiger partial charge in [0, 0.05) is 19.6 Å². The highest BCUT2D eigenvalue weighted by Crippen LogP contribution is 2.21. The third-order valence-corrected chi connectivity index (χ3v) is 3.95. The van der Waals surface area contributed by atoms with E-state index in [4.69, 9.17) is 5.73 Å². The second-order valence-electron chi connectivity index (χ2n) is 6.71. The summed E-state index contributed by atoms with van der Waals surface area (Å²) in [5.74, 6) is 1.73. The molecular formula is C20H30IN7. The number of anilines is 1. The molecule has 0 fully saturated rings. The molecule has 0 saturated carbocycles. The minimum atomic E-state index is 0. The number of nitrogens with zero attached hydrogens (tertiary/aromatic N) is 4. The zero-order valence-electron chi connectivity index (χ0n) is 16.8. The van der Waals surface area contributed by atoms with Crippen molar-refractivity contribution in [2.45, 2.75) is 33.6 Å². The molecule has 0 aliphatic heterocycles. The number of halogens is 1. The van der Waals surface area contributed by atoms with Crippen LogP contribution < -0.4 is 16.4 Å². The molecule has 0 atom stereocenters. The van der Waals surface area contributed by atoms with Crippen molar-refractivity contribution in [2.24, 2.45) is 10.9 Å². The Balaban J connectivity index is 0.00000392. The van der Waals surface area contributed by atoms with Gasteiger partial charge in [-0.25, -0.2) is 4.68 Å². The molecule has 0 spiro atoms. The van der Waals surface area contributed by atoms with Gasteiger partial charge in [-0.1, -0.05) is 32.0 Å². The largest absolute Gasteiger partial charge is 0.382 e. The van der Waals surface area contributed by atoms with Crippen molar-refractivity contribution in [1.29, 1.82) is 5.26 Å². The van der Waals surface area contributed by atoms with Gasteiger partial charge in [-0.2, -0.15) is 10.4 Å². The van der Waals surface area contributed by atoms with Crippen LogP contribution in [0.2, 0.25) is 0 Å². The zero-order valence-corrected chi connectivity index (χ0v) is 19.1. The Morgan fingerprint density at radius 3 is 2.61 bits per heavy atom. The van der Waals surface area contributed by atoms with Crippen LogP contribution >= 0.6 is 24.0 Å². The van der Waals surface area contributed by atoms with Crippen LogP contribution in [0.4, 0.5) is 5.82 Å². The Bertz CT molecular complexity index is 791. The highest BCUT2D eigenvalue weighted by atomic mass is 127. The van der Waals surface area contributed by atoms with Crippen LogP contribution in [0.15, 0.2) is 35.3 Å². The highest BCUT2D eigenvalue weighted by Gasteiger charge is 2.16. The first-order valence-corrected chi connectivity index (χ1v) is 9.41. The number of aryl methyl sites for hydroxylation is 1. The fourth-order valence-electron chi connectivity index (χ4n) is 2.62. The number of hydrogen-bond donors (Lipinski definition) is 3. The van der Waals surface area contributed by atoms with Gasteiger partial charge in [0.1, 0.15) is 17.5 Å². The average molecular weight is 495 g/mol. The molecule has 0 amide bonds. The van der Waals surface area contributed by atoms with E-state index in [0.29, 0.717) is 23.7 Å². The maximum absolute atomic E-state index is 9.47. The number of nitrogens with two attached hydrogens (primary N) is 1. The lowest BCUT2D eigenvalue weighted by Crippen LogP contribution is -2.38. The Morgan fingerprint density at radius 1 is 1.29 bits per heavy atom. The maximum atomic E-state index is 9.47. The van der Waals surface area contributed by atoms with Crippen molar-refractivity contribution >= 4 is 35.8 Å². The number of nitrogens with one attached hydrogen (secondary N) is 2. The van der Waals surface area contributed by atoms with Gasteiger partial charge in [-0.15, -0.1) is 24.0 Å². The Kier molecular flexibility index (Phi) is 10.4. The molecule has 0 aliphatic carbocycles. The quantitative estimate of drug-likeness (QED) is 0.226. The van der Waals surface area contributed by atoms with E-state index in [2.05, 4.69) is 40.6 Å². The van der Waals surface area contributed by atoms with E-state index in [-0.39, 0.29) is 24.0 Å². The molecule has 1 heterocycles. The van der Waals surface area contributed by atoms with Gasteiger partial charge >= 0.3 is 0 Å². The lowest BCUT2D eigenvalue weighted by Gasteiger charge is -2.11.